The Morgan fingerprint density at radius 1 is 0.935 bits per heavy atom. The zero-order valence-electron chi connectivity index (χ0n) is 18.2. The molecule has 31 heavy (non-hydrogen) atoms. The molecule has 3 N–H and O–H groups in total. The van der Waals surface area contributed by atoms with Crippen molar-refractivity contribution in [1.29, 1.82) is 0 Å². The van der Waals surface area contributed by atoms with Crippen molar-refractivity contribution in [2.24, 2.45) is 23.2 Å². The van der Waals surface area contributed by atoms with E-state index in [1.54, 1.807) is 12.1 Å². The van der Waals surface area contributed by atoms with E-state index in [0.29, 0.717) is 34.8 Å². The molecule has 0 saturated heterocycles. The van der Waals surface area contributed by atoms with Crippen molar-refractivity contribution in [2.45, 2.75) is 44.9 Å². The third kappa shape index (κ3) is 4.48. The maximum absolute atomic E-state index is 12.9. The molecule has 0 atom stereocenters. The average molecular weight is 430 g/mol. The summed E-state index contributed by atoms with van der Waals surface area (Å²) in [6, 6.07) is 4.73. The molecule has 4 aliphatic carbocycles. The zero-order chi connectivity index (χ0) is 22.0. The van der Waals surface area contributed by atoms with Gasteiger partial charge in [0.05, 0.1) is 14.2 Å². The quantitative estimate of drug-likeness (QED) is 0.576. The van der Waals surface area contributed by atoms with Gasteiger partial charge in [0.2, 0.25) is 11.8 Å². The lowest BCUT2D eigenvalue weighted by Crippen LogP contribution is -2.54. The topological polar surface area (TPSA) is 106 Å². The molecular weight excluding hydrogens is 398 g/mol. The molecule has 0 heterocycles. The van der Waals surface area contributed by atoms with Gasteiger partial charge in [0.1, 0.15) is 0 Å². The van der Waals surface area contributed by atoms with Crippen LogP contribution in [0, 0.1) is 23.2 Å². The van der Waals surface area contributed by atoms with Crippen molar-refractivity contribution in [3.63, 3.8) is 0 Å². The van der Waals surface area contributed by atoms with Gasteiger partial charge in [0.25, 0.3) is 5.91 Å². The predicted molar refractivity (Wildman–Crippen MR) is 113 cm³/mol. The first-order valence-electron chi connectivity index (χ1n) is 11.0. The number of carbonyl (C=O) groups excluding carboxylic acids is 3. The van der Waals surface area contributed by atoms with Gasteiger partial charge in [-0.15, -0.1) is 0 Å². The largest absolute Gasteiger partial charge is 0.493 e. The molecule has 0 spiro atoms. The summed E-state index contributed by atoms with van der Waals surface area (Å²) in [7, 11) is 3.00. The molecular formula is C23H31N3O5. The normalized spacial score (nSPS) is 28.0. The maximum atomic E-state index is 12.9. The molecule has 0 aliphatic heterocycles. The third-order valence-corrected chi connectivity index (χ3v) is 7.12. The van der Waals surface area contributed by atoms with Gasteiger partial charge >= 0.3 is 0 Å². The average Bonchev–Trinajstić information content (AvgIpc) is 2.75. The highest BCUT2D eigenvalue weighted by molar-refractivity contribution is 5.96. The third-order valence-electron chi connectivity index (χ3n) is 7.12. The summed E-state index contributed by atoms with van der Waals surface area (Å²) in [5.74, 6) is 2.32. The molecule has 0 aromatic heterocycles. The SMILES string of the molecule is COc1ccc(C(=O)NNC(=O)CCNC(=O)C23CC4CC(CC(C4)C2)C3)cc1OC. The van der Waals surface area contributed by atoms with Crippen molar-refractivity contribution in [1.82, 2.24) is 16.2 Å². The number of nitrogens with one attached hydrogen (secondary N) is 3. The number of rotatable bonds is 7. The maximum Gasteiger partial charge on any atom is 0.269 e. The Bertz CT molecular complexity index is 833. The first-order valence-corrected chi connectivity index (χ1v) is 11.0. The summed E-state index contributed by atoms with van der Waals surface area (Å²) in [5.41, 5.74) is 4.89. The van der Waals surface area contributed by atoms with Gasteiger partial charge in [0.15, 0.2) is 11.5 Å². The fraction of sp³-hybridized carbons (Fsp3) is 0.609. The highest BCUT2D eigenvalue weighted by atomic mass is 16.5. The van der Waals surface area contributed by atoms with Crippen LogP contribution in [0.3, 0.4) is 0 Å². The Kier molecular flexibility index (Phi) is 6.07. The van der Waals surface area contributed by atoms with E-state index < -0.39 is 5.91 Å². The van der Waals surface area contributed by atoms with Crippen molar-refractivity contribution in [3.05, 3.63) is 23.8 Å². The highest BCUT2D eigenvalue weighted by Crippen LogP contribution is 2.60. The molecule has 4 saturated carbocycles. The molecule has 168 valence electrons. The fourth-order valence-electron chi connectivity index (χ4n) is 6.10. The zero-order valence-corrected chi connectivity index (χ0v) is 18.2. The van der Waals surface area contributed by atoms with E-state index >= 15 is 0 Å². The standard InChI is InChI=1S/C23H31N3O5/c1-30-18-4-3-17(10-19(18)31-2)21(28)26-25-20(27)5-6-24-22(29)23-11-14-7-15(12-23)9-16(8-14)13-23/h3-4,10,14-16H,5-9,11-13H2,1-2H3,(H,24,29)(H,25,27)(H,26,28). The van der Waals surface area contributed by atoms with Crippen molar-refractivity contribution >= 4 is 17.7 Å². The molecule has 0 radical (unpaired) electrons. The van der Waals surface area contributed by atoms with Gasteiger partial charge in [-0.25, -0.2) is 0 Å². The number of ether oxygens (including phenoxy) is 2. The summed E-state index contributed by atoms with van der Waals surface area (Å²) < 4.78 is 10.3. The second kappa shape index (κ2) is 8.77. The van der Waals surface area contributed by atoms with E-state index in [1.807, 2.05) is 0 Å². The summed E-state index contributed by atoms with van der Waals surface area (Å²) in [4.78, 5) is 37.3. The molecule has 5 rings (SSSR count). The first kappa shape index (κ1) is 21.5. The van der Waals surface area contributed by atoms with Crippen LogP contribution in [0.5, 0.6) is 11.5 Å². The van der Waals surface area contributed by atoms with Gasteiger partial charge in [0, 0.05) is 23.9 Å². The Labute approximate surface area is 182 Å². The molecule has 4 aliphatic rings. The minimum absolute atomic E-state index is 0.102. The van der Waals surface area contributed by atoms with Crippen LogP contribution in [0.25, 0.3) is 0 Å². The molecule has 8 heteroatoms. The summed E-state index contributed by atoms with van der Waals surface area (Å²) in [6.07, 6.45) is 6.96. The number of carbonyl (C=O) groups is 3. The lowest BCUT2D eigenvalue weighted by atomic mass is 9.49. The smallest absolute Gasteiger partial charge is 0.269 e. The predicted octanol–water partition coefficient (Wildman–Crippen LogP) is 2.19. The van der Waals surface area contributed by atoms with Crippen LogP contribution >= 0.6 is 0 Å². The molecule has 1 aromatic rings. The molecule has 0 unspecified atom stereocenters. The number of benzene rings is 1. The lowest BCUT2D eigenvalue weighted by molar-refractivity contribution is -0.146. The van der Waals surface area contributed by atoms with Gasteiger partial charge in [-0.05, 0) is 74.5 Å². The Balaban J connectivity index is 1.21. The Hall–Kier alpha value is -2.77. The minimum Gasteiger partial charge on any atom is -0.493 e. The van der Waals surface area contributed by atoms with Crippen molar-refractivity contribution < 1.29 is 23.9 Å². The van der Waals surface area contributed by atoms with Crippen LogP contribution in [0.1, 0.15) is 55.3 Å². The number of hydrazine groups is 1. The number of hydrogen-bond acceptors (Lipinski definition) is 5. The fourth-order valence-corrected chi connectivity index (χ4v) is 6.10. The van der Waals surface area contributed by atoms with Crippen LogP contribution in [0.2, 0.25) is 0 Å². The van der Waals surface area contributed by atoms with Crippen LogP contribution < -0.4 is 25.6 Å². The lowest BCUT2D eigenvalue weighted by Gasteiger charge is -2.55. The van der Waals surface area contributed by atoms with Crippen LogP contribution in [0.4, 0.5) is 0 Å². The number of amides is 3. The van der Waals surface area contributed by atoms with Crippen LogP contribution in [-0.4, -0.2) is 38.5 Å². The van der Waals surface area contributed by atoms with Gasteiger partial charge in [-0.1, -0.05) is 0 Å². The van der Waals surface area contributed by atoms with E-state index in [0.717, 1.165) is 19.3 Å². The van der Waals surface area contributed by atoms with E-state index in [1.165, 1.54) is 39.5 Å². The Morgan fingerprint density at radius 2 is 1.55 bits per heavy atom. The molecule has 4 fully saturated rings. The monoisotopic (exact) mass is 429 g/mol. The number of methoxy groups -OCH3 is 2. The van der Waals surface area contributed by atoms with E-state index in [2.05, 4.69) is 16.2 Å². The second-order valence-corrected chi connectivity index (χ2v) is 9.28. The highest BCUT2D eigenvalue weighted by Gasteiger charge is 2.54. The van der Waals surface area contributed by atoms with Gasteiger partial charge in [-0.2, -0.15) is 0 Å². The Morgan fingerprint density at radius 3 is 2.13 bits per heavy atom. The first-order chi connectivity index (χ1) is 14.9. The summed E-state index contributed by atoms with van der Waals surface area (Å²) in [5, 5.41) is 2.97. The molecule has 3 amide bonds. The molecule has 1 aromatic carbocycles. The molecule has 4 bridgehead atoms. The van der Waals surface area contributed by atoms with Crippen molar-refractivity contribution in [3.8, 4) is 11.5 Å². The van der Waals surface area contributed by atoms with E-state index in [9.17, 15) is 14.4 Å². The van der Waals surface area contributed by atoms with E-state index in [-0.39, 0.29) is 30.2 Å². The summed E-state index contributed by atoms with van der Waals surface area (Å²) >= 11 is 0. The van der Waals surface area contributed by atoms with Crippen LogP contribution in [0.15, 0.2) is 18.2 Å². The van der Waals surface area contributed by atoms with E-state index in [4.69, 9.17) is 9.47 Å². The number of hydrogen-bond donors (Lipinski definition) is 3. The minimum atomic E-state index is -0.466. The summed E-state index contributed by atoms with van der Waals surface area (Å²) in [6.45, 7) is 0.263. The second-order valence-electron chi connectivity index (χ2n) is 9.28. The molecule has 8 nitrogen and oxygen atoms in total. The van der Waals surface area contributed by atoms with Crippen molar-refractivity contribution in [2.75, 3.05) is 20.8 Å². The van der Waals surface area contributed by atoms with Gasteiger partial charge < -0.3 is 14.8 Å². The van der Waals surface area contributed by atoms with Gasteiger partial charge in [-0.3, -0.25) is 25.2 Å². The van der Waals surface area contributed by atoms with Crippen LogP contribution in [-0.2, 0) is 9.59 Å².